The zero-order valence-electron chi connectivity index (χ0n) is 18.8. The third kappa shape index (κ3) is 21.4. The molecule has 0 bridgehead atoms. The van der Waals surface area contributed by atoms with Crippen molar-refractivity contribution < 1.29 is 13.9 Å². The zero-order valence-corrected chi connectivity index (χ0v) is 18.8. The lowest BCUT2D eigenvalue weighted by Gasteiger charge is -2.04. The predicted octanol–water partition coefficient (Wildman–Crippen LogP) is 8.83. The molecular formula is C25H47FO2. The second-order valence-electron chi connectivity index (χ2n) is 8.26. The van der Waals surface area contributed by atoms with E-state index in [-0.39, 0.29) is 0 Å². The summed E-state index contributed by atoms with van der Waals surface area (Å²) in [5, 5.41) is 0. The summed E-state index contributed by atoms with van der Waals surface area (Å²) in [6, 6.07) is 0. The fourth-order valence-corrected chi connectivity index (χ4v) is 3.60. The minimum atomic E-state index is -1.01. The molecule has 0 aliphatic rings. The fraction of sp³-hybridized carbons (Fsp3) is 0.880. The van der Waals surface area contributed by atoms with Crippen LogP contribution in [0, 0.1) is 0 Å². The summed E-state index contributed by atoms with van der Waals surface area (Å²) in [5.74, 6) is -1.93. The first kappa shape index (κ1) is 27.1. The molecule has 0 aromatic heterocycles. The van der Waals surface area contributed by atoms with Crippen molar-refractivity contribution in [1.29, 1.82) is 0 Å². The average molecular weight is 399 g/mol. The molecule has 0 aliphatic carbocycles. The van der Waals surface area contributed by atoms with Crippen LogP contribution in [0.3, 0.4) is 0 Å². The Hall–Kier alpha value is -0.860. The van der Waals surface area contributed by atoms with E-state index in [0.717, 1.165) is 12.8 Å². The van der Waals surface area contributed by atoms with Gasteiger partial charge in [0.1, 0.15) is 0 Å². The second kappa shape index (κ2) is 22.4. The Morgan fingerprint density at radius 1 is 0.607 bits per heavy atom. The van der Waals surface area contributed by atoms with Gasteiger partial charge in [0, 0.05) is 0 Å². The fourth-order valence-electron chi connectivity index (χ4n) is 3.60. The molecule has 3 heteroatoms. The second-order valence-corrected chi connectivity index (χ2v) is 8.26. The molecule has 0 aliphatic heterocycles. The minimum absolute atomic E-state index is 0.306. The predicted molar refractivity (Wildman–Crippen MR) is 119 cm³/mol. The van der Waals surface area contributed by atoms with Gasteiger partial charge in [-0.2, -0.15) is 4.39 Å². The molecule has 2 nitrogen and oxygen atoms in total. The number of rotatable bonds is 22. The van der Waals surface area contributed by atoms with E-state index in [9.17, 15) is 9.18 Å². The summed E-state index contributed by atoms with van der Waals surface area (Å²) in [6.45, 7) is 5.51. The van der Waals surface area contributed by atoms with Gasteiger partial charge in [-0.3, -0.25) is 0 Å². The van der Waals surface area contributed by atoms with E-state index in [2.05, 4.69) is 13.5 Å². The standard InChI is InChI=1S/C25H47FO2/c1-3-4-5-6-7-8-9-10-11-12-13-14-15-16-17-18-19-20-21-22-23-28-25(27)24(2)26/h2-23H2,1H3. The lowest BCUT2D eigenvalue weighted by atomic mass is 10.0. The van der Waals surface area contributed by atoms with E-state index in [0.29, 0.717) is 6.61 Å². The van der Waals surface area contributed by atoms with Crippen LogP contribution in [0.4, 0.5) is 4.39 Å². The van der Waals surface area contributed by atoms with Crippen molar-refractivity contribution in [2.45, 2.75) is 135 Å². The molecular weight excluding hydrogens is 351 g/mol. The Bertz CT molecular complexity index is 354. The third-order valence-electron chi connectivity index (χ3n) is 5.45. The van der Waals surface area contributed by atoms with Gasteiger partial charge in [-0.1, -0.05) is 135 Å². The van der Waals surface area contributed by atoms with E-state index < -0.39 is 11.8 Å². The Balaban J connectivity index is 3.05. The Labute approximate surface area is 174 Å². The monoisotopic (exact) mass is 398 g/mol. The number of hydrogen-bond acceptors (Lipinski definition) is 2. The highest BCUT2D eigenvalue weighted by atomic mass is 19.1. The van der Waals surface area contributed by atoms with E-state index in [1.807, 2.05) is 0 Å². The maximum Gasteiger partial charge on any atom is 0.366 e. The average Bonchev–Trinajstić information content (AvgIpc) is 2.68. The molecule has 0 heterocycles. The van der Waals surface area contributed by atoms with E-state index >= 15 is 0 Å². The van der Waals surface area contributed by atoms with E-state index in [4.69, 9.17) is 4.74 Å². The van der Waals surface area contributed by atoms with Gasteiger partial charge in [0.25, 0.3) is 0 Å². The van der Waals surface area contributed by atoms with E-state index in [1.54, 1.807) is 0 Å². The lowest BCUT2D eigenvalue weighted by Crippen LogP contribution is -2.05. The van der Waals surface area contributed by atoms with Gasteiger partial charge < -0.3 is 4.74 Å². The van der Waals surface area contributed by atoms with Crippen molar-refractivity contribution in [1.82, 2.24) is 0 Å². The van der Waals surface area contributed by atoms with Gasteiger partial charge in [0.05, 0.1) is 6.61 Å². The van der Waals surface area contributed by atoms with Crippen molar-refractivity contribution in [2.24, 2.45) is 0 Å². The highest BCUT2D eigenvalue weighted by Gasteiger charge is 2.05. The van der Waals surface area contributed by atoms with Crippen LogP contribution in [0.5, 0.6) is 0 Å². The minimum Gasteiger partial charge on any atom is -0.460 e. The first-order chi connectivity index (χ1) is 13.7. The Morgan fingerprint density at radius 2 is 0.893 bits per heavy atom. The molecule has 0 unspecified atom stereocenters. The number of carbonyl (C=O) groups excluding carboxylic acids is 1. The Morgan fingerprint density at radius 3 is 1.18 bits per heavy atom. The first-order valence-electron chi connectivity index (χ1n) is 12.2. The highest BCUT2D eigenvalue weighted by Crippen LogP contribution is 2.14. The van der Waals surface area contributed by atoms with Gasteiger partial charge in [-0.25, -0.2) is 4.79 Å². The van der Waals surface area contributed by atoms with Crippen LogP contribution in [0.1, 0.15) is 135 Å². The normalized spacial score (nSPS) is 10.9. The van der Waals surface area contributed by atoms with Gasteiger partial charge in [-0.05, 0) is 6.42 Å². The molecule has 0 spiro atoms. The molecule has 0 N–H and O–H groups in total. The highest BCUT2D eigenvalue weighted by molar-refractivity contribution is 5.85. The molecule has 0 radical (unpaired) electrons. The van der Waals surface area contributed by atoms with Crippen molar-refractivity contribution in [3.63, 3.8) is 0 Å². The molecule has 0 amide bonds. The number of ether oxygens (including phenoxy) is 1. The number of esters is 1. The molecule has 166 valence electrons. The number of hydrogen-bond donors (Lipinski definition) is 0. The maximum atomic E-state index is 12.4. The molecule has 0 rings (SSSR count). The Kier molecular flexibility index (Phi) is 21.7. The largest absolute Gasteiger partial charge is 0.460 e. The summed E-state index contributed by atoms with van der Waals surface area (Å²) in [7, 11) is 0. The van der Waals surface area contributed by atoms with Crippen molar-refractivity contribution in [3.05, 3.63) is 12.4 Å². The molecule has 28 heavy (non-hydrogen) atoms. The lowest BCUT2D eigenvalue weighted by molar-refractivity contribution is -0.140. The number of halogens is 1. The number of unbranched alkanes of at least 4 members (excludes halogenated alkanes) is 19. The first-order valence-corrected chi connectivity index (χ1v) is 12.2. The maximum absolute atomic E-state index is 12.4. The summed E-state index contributed by atoms with van der Waals surface area (Å²) >= 11 is 0. The summed E-state index contributed by atoms with van der Waals surface area (Å²) < 4.78 is 17.1. The third-order valence-corrected chi connectivity index (χ3v) is 5.45. The van der Waals surface area contributed by atoms with Crippen molar-refractivity contribution >= 4 is 5.97 Å². The summed E-state index contributed by atoms with van der Waals surface area (Å²) in [6.07, 6.45) is 26.8. The summed E-state index contributed by atoms with van der Waals surface area (Å²) in [4.78, 5) is 10.8. The van der Waals surface area contributed by atoms with Crippen LogP contribution in [0.25, 0.3) is 0 Å². The van der Waals surface area contributed by atoms with Gasteiger partial charge in [-0.15, -0.1) is 0 Å². The number of carbonyl (C=O) groups is 1. The molecule has 0 atom stereocenters. The molecule has 0 fully saturated rings. The van der Waals surface area contributed by atoms with Crippen LogP contribution in [-0.2, 0) is 9.53 Å². The van der Waals surface area contributed by atoms with Gasteiger partial charge >= 0.3 is 5.97 Å². The molecule has 0 saturated carbocycles. The van der Waals surface area contributed by atoms with Crippen LogP contribution < -0.4 is 0 Å². The van der Waals surface area contributed by atoms with Crippen molar-refractivity contribution in [3.8, 4) is 0 Å². The van der Waals surface area contributed by atoms with Gasteiger partial charge in [0.2, 0.25) is 5.83 Å². The van der Waals surface area contributed by atoms with Crippen LogP contribution in [-0.4, -0.2) is 12.6 Å². The summed E-state index contributed by atoms with van der Waals surface area (Å²) in [5.41, 5.74) is 0. The van der Waals surface area contributed by atoms with Crippen molar-refractivity contribution in [2.75, 3.05) is 6.61 Å². The van der Waals surface area contributed by atoms with Crippen LogP contribution in [0.15, 0.2) is 12.4 Å². The molecule has 0 aromatic rings. The molecule has 0 aromatic carbocycles. The smallest absolute Gasteiger partial charge is 0.366 e. The SMILES string of the molecule is C=C(F)C(=O)OCCCCCCCCCCCCCCCCCCCCCC. The quantitative estimate of drug-likeness (QED) is 0.103. The van der Waals surface area contributed by atoms with E-state index in [1.165, 1.54) is 116 Å². The van der Waals surface area contributed by atoms with Crippen LogP contribution >= 0.6 is 0 Å². The van der Waals surface area contributed by atoms with Gasteiger partial charge in [0.15, 0.2) is 0 Å². The molecule has 0 saturated heterocycles. The van der Waals surface area contributed by atoms with Crippen LogP contribution in [0.2, 0.25) is 0 Å². The topological polar surface area (TPSA) is 26.3 Å². The zero-order chi connectivity index (χ0) is 20.7.